The zero-order valence-corrected chi connectivity index (χ0v) is 14.7. The van der Waals surface area contributed by atoms with Crippen molar-refractivity contribution >= 4 is 29.3 Å². The Hall–Kier alpha value is -2.60. The number of halogens is 1. The van der Waals surface area contributed by atoms with E-state index in [4.69, 9.17) is 21.1 Å². The van der Waals surface area contributed by atoms with Crippen LogP contribution in [0.1, 0.15) is 19.4 Å². The van der Waals surface area contributed by atoms with E-state index in [2.05, 4.69) is 17.2 Å². The Balaban J connectivity index is 1.78. The average Bonchev–Trinajstić information content (AvgIpc) is 2.62. The molecular formula is C18H19ClN2O4. The van der Waals surface area contributed by atoms with Gasteiger partial charge in [-0.15, -0.1) is 0 Å². The fraction of sp³-hybridized carbons (Fsp3) is 0.278. The molecule has 0 bridgehead atoms. The Morgan fingerprint density at radius 3 is 2.52 bits per heavy atom. The lowest BCUT2D eigenvalue weighted by atomic mass is 10.2. The Morgan fingerprint density at radius 2 is 1.92 bits per heavy atom. The second kappa shape index (κ2) is 9.03. The summed E-state index contributed by atoms with van der Waals surface area (Å²) < 4.78 is 10.4. The van der Waals surface area contributed by atoms with Crippen molar-refractivity contribution in [3.8, 4) is 5.75 Å². The van der Waals surface area contributed by atoms with Crippen molar-refractivity contribution in [2.75, 3.05) is 11.9 Å². The quantitative estimate of drug-likeness (QED) is 0.765. The molecule has 132 valence electrons. The van der Waals surface area contributed by atoms with E-state index in [1.165, 1.54) is 18.7 Å². The number of amides is 1. The zero-order chi connectivity index (χ0) is 18.2. The number of hydrogen-bond donors (Lipinski definition) is 1. The summed E-state index contributed by atoms with van der Waals surface area (Å²) in [6.45, 7) is 3.25. The Kier molecular flexibility index (Phi) is 6.77. The third-order valence-electron chi connectivity index (χ3n) is 3.34. The first-order chi connectivity index (χ1) is 12.0. The normalized spacial score (nSPS) is 11.5. The molecule has 1 heterocycles. The minimum Gasteiger partial charge on any atom is -0.482 e. The fourth-order valence-corrected chi connectivity index (χ4v) is 2.04. The van der Waals surface area contributed by atoms with Crippen LogP contribution >= 0.6 is 11.6 Å². The summed E-state index contributed by atoms with van der Waals surface area (Å²) in [6, 6.07) is 10.6. The molecule has 2 rings (SSSR count). The third-order valence-corrected chi connectivity index (χ3v) is 3.57. The Bertz CT molecular complexity index is 717. The van der Waals surface area contributed by atoms with Gasteiger partial charge in [0, 0.05) is 6.20 Å². The molecule has 25 heavy (non-hydrogen) atoms. The smallest absolute Gasteiger partial charge is 0.344 e. The van der Waals surface area contributed by atoms with Crippen LogP contribution < -0.4 is 10.1 Å². The van der Waals surface area contributed by atoms with Gasteiger partial charge >= 0.3 is 5.97 Å². The molecule has 0 aliphatic rings. The van der Waals surface area contributed by atoms with E-state index in [0.29, 0.717) is 16.6 Å². The number of aryl methyl sites for hydroxylation is 1. The first kappa shape index (κ1) is 18.7. The van der Waals surface area contributed by atoms with Crippen LogP contribution in [0.15, 0.2) is 42.6 Å². The first-order valence-corrected chi connectivity index (χ1v) is 8.19. The van der Waals surface area contributed by atoms with Crippen LogP contribution in [0, 0.1) is 0 Å². The number of carbonyl (C=O) groups excluding carboxylic acids is 2. The summed E-state index contributed by atoms with van der Waals surface area (Å²) in [5.74, 6) is -0.233. The van der Waals surface area contributed by atoms with Crippen LogP contribution in [0.25, 0.3) is 0 Å². The number of carbonyl (C=O) groups is 2. The van der Waals surface area contributed by atoms with Crippen molar-refractivity contribution in [2.45, 2.75) is 26.4 Å². The second-order valence-corrected chi connectivity index (χ2v) is 5.71. The summed E-state index contributed by atoms with van der Waals surface area (Å²) in [5, 5.41) is 2.99. The van der Waals surface area contributed by atoms with Crippen LogP contribution in [0.4, 0.5) is 5.82 Å². The molecule has 2 aromatic rings. The summed E-state index contributed by atoms with van der Waals surface area (Å²) in [7, 11) is 0. The van der Waals surface area contributed by atoms with Gasteiger partial charge in [0.1, 0.15) is 11.6 Å². The number of nitrogens with one attached hydrogen (secondary N) is 1. The van der Waals surface area contributed by atoms with Gasteiger partial charge in [-0.2, -0.15) is 0 Å². The summed E-state index contributed by atoms with van der Waals surface area (Å²) in [6.07, 6.45) is 1.36. The number of ether oxygens (including phenoxy) is 2. The van der Waals surface area contributed by atoms with Crippen molar-refractivity contribution in [3.63, 3.8) is 0 Å². The molecule has 1 atom stereocenters. The lowest BCUT2D eigenvalue weighted by Gasteiger charge is -2.13. The molecular weight excluding hydrogens is 344 g/mol. The van der Waals surface area contributed by atoms with Crippen LogP contribution in [0.5, 0.6) is 5.75 Å². The van der Waals surface area contributed by atoms with Crippen LogP contribution in [0.3, 0.4) is 0 Å². The number of benzene rings is 1. The molecule has 7 heteroatoms. The molecule has 1 N–H and O–H groups in total. The molecule has 1 aromatic carbocycles. The standard InChI is InChI=1S/C18H19ClN2O4/c1-3-13-4-7-15(8-5-13)24-11-17(22)25-12(2)18(23)21-16-9-6-14(19)10-20-16/h4-10,12H,3,11H2,1-2H3,(H,20,21,23)/t12-/m1/s1. The van der Waals surface area contributed by atoms with E-state index >= 15 is 0 Å². The molecule has 0 spiro atoms. The maximum absolute atomic E-state index is 12.0. The van der Waals surface area contributed by atoms with Crippen LogP contribution in [-0.4, -0.2) is 29.6 Å². The molecule has 0 saturated carbocycles. The fourth-order valence-electron chi connectivity index (χ4n) is 1.93. The van der Waals surface area contributed by atoms with Crippen LogP contribution in [-0.2, 0) is 20.7 Å². The maximum atomic E-state index is 12.0. The van der Waals surface area contributed by atoms with E-state index in [9.17, 15) is 9.59 Å². The highest BCUT2D eigenvalue weighted by Gasteiger charge is 2.18. The predicted octanol–water partition coefficient (Wildman–Crippen LogP) is 3.25. The van der Waals surface area contributed by atoms with E-state index in [-0.39, 0.29) is 6.61 Å². The van der Waals surface area contributed by atoms with Gasteiger partial charge in [-0.05, 0) is 43.2 Å². The molecule has 6 nitrogen and oxygen atoms in total. The molecule has 0 fully saturated rings. The van der Waals surface area contributed by atoms with Gasteiger partial charge in [0.05, 0.1) is 5.02 Å². The van der Waals surface area contributed by atoms with Crippen molar-refractivity contribution in [1.82, 2.24) is 4.98 Å². The second-order valence-electron chi connectivity index (χ2n) is 5.27. The van der Waals surface area contributed by atoms with Gasteiger partial charge in [0.25, 0.3) is 5.91 Å². The number of nitrogens with zero attached hydrogens (tertiary/aromatic N) is 1. The SMILES string of the molecule is CCc1ccc(OCC(=O)O[C@H](C)C(=O)Nc2ccc(Cl)cn2)cc1. The average molecular weight is 363 g/mol. The number of esters is 1. The van der Waals surface area contributed by atoms with Gasteiger partial charge in [0.2, 0.25) is 0 Å². The highest BCUT2D eigenvalue weighted by molar-refractivity contribution is 6.30. The summed E-state index contributed by atoms with van der Waals surface area (Å²) >= 11 is 5.72. The minimum absolute atomic E-state index is 0.276. The molecule has 0 saturated heterocycles. The van der Waals surface area contributed by atoms with Crippen molar-refractivity contribution in [2.24, 2.45) is 0 Å². The van der Waals surface area contributed by atoms with E-state index in [1.54, 1.807) is 24.3 Å². The monoisotopic (exact) mass is 362 g/mol. The molecule has 1 aromatic heterocycles. The highest BCUT2D eigenvalue weighted by Crippen LogP contribution is 2.13. The Labute approximate surface area is 151 Å². The van der Waals surface area contributed by atoms with Gasteiger partial charge < -0.3 is 14.8 Å². The van der Waals surface area contributed by atoms with Gasteiger partial charge in [-0.1, -0.05) is 30.7 Å². The van der Waals surface area contributed by atoms with Crippen molar-refractivity contribution in [3.05, 3.63) is 53.2 Å². The number of rotatable bonds is 7. The number of anilines is 1. The van der Waals surface area contributed by atoms with E-state index in [0.717, 1.165) is 6.42 Å². The van der Waals surface area contributed by atoms with E-state index < -0.39 is 18.0 Å². The number of hydrogen-bond acceptors (Lipinski definition) is 5. The summed E-state index contributed by atoms with van der Waals surface area (Å²) in [5.41, 5.74) is 1.18. The van der Waals surface area contributed by atoms with E-state index in [1.807, 2.05) is 12.1 Å². The van der Waals surface area contributed by atoms with Gasteiger partial charge in [-0.3, -0.25) is 4.79 Å². The number of aromatic nitrogens is 1. The lowest BCUT2D eigenvalue weighted by Crippen LogP contribution is -2.31. The van der Waals surface area contributed by atoms with Gasteiger partial charge in [-0.25, -0.2) is 9.78 Å². The molecule has 0 aliphatic carbocycles. The highest BCUT2D eigenvalue weighted by atomic mass is 35.5. The van der Waals surface area contributed by atoms with Crippen LogP contribution in [0.2, 0.25) is 5.02 Å². The first-order valence-electron chi connectivity index (χ1n) is 7.81. The molecule has 0 unspecified atom stereocenters. The minimum atomic E-state index is -0.976. The van der Waals surface area contributed by atoms with Gasteiger partial charge in [0.15, 0.2) is 12.7 Å². The lowest BCUT2D eigenvalue weighted by molar-refractivity contribution is -0.155. The largest absolute Gasteiger partial charge is 0.482 e. The topological polar surface area (TPSA) is 77.5 Å². The molecule has 0 radical (unpaired) electrons. The predicted molar refractivity (Wildman–Crippen MR) is 94.7 cm³/mol. The van der Waals surface area contributed by atoms with Crippen molar-refractivity contribution < 1.29 is 19.1 Å². The maximum Gasteiger partial charge on any atom is 0.344 e. The molecule has 0 aliphatic heterocycles. The summed E-state index contributed by atoms with van der Waals surface area (Å²) in [4.78, 5) is 27.7. The Morgan fingerprint density at radius 1 is 1.20 bits per heavy atom. The third kappa shape index (κ3) is 6.08. The van der Waals surface area contributed by atoms with Crippen molar-refractivity contribution in [1.29, 1.82) is 0 Å². The molecule has 1 amide bonds. The number of pyridine rings is 1. The zero-order valence-electron chi connectivity index (χ0n) is 14.0.